The topological polar surface area (TPSA) is 61.4 Å². The van der Waals surface area contributed by atoms with Crippen LogP contribution >= 0.6 is 0 Å². The second kappa shape index (κ2) is 7.09. The molecule has 1 N–H and O–H groups in total. The van der Waals surface area contributed by atoms with E-state index in [1.807, 2.05) is 6.92 Å². The van der Waals surface area contributed by atoms with Crippen LogP contribution in [0.4, 0.5) is 25.1 Å². The van der Waals surface area contributed by atoms with Crippen molar-refractivity contribution in [3.05, 3.63) is 46.9 Å². The Balaban J connectivity index is 1.56. The number of benzene rings is 1. The van der Waals surface area contributed by atoms with Crippen LogP contribution in [0.2, 0.25) is 0 Å². The van der Waals surface area contributed by atoms with Gasteiger partial charge in [-0.3, -0.25) is 0 Å². The summed E-state index contributed by atoms with van der Waals surface area (Å²) in [6.07, 6.45) is 2.89. The lowest BCUT2D eigenvalue weighted by molar-refractivity contribution is 0.205. The zero-order valence-corrected chi connectivity index (χ0v) is 15.1. The Kier molecular flexibility index (Phi) is 4.63. The molecule has 1 saturated heterocycles. The van der Waals surface area contributed by atoms with Crippen molar-refractivity contribution < 1.29 is 13.6 Å². The van der Waals surface area contributed by atoms with Crippen LogP contribution in [0.5, 0.6) is 0 Å². The molecule has 0 bridgehead atoms. The fraction of sp³-hybridized carbons (Fsp3) is 0.421. The van der Waals surface area contributed by atoms with Gasteiger partial charge in [-0.05, 0) is 31.9 Å². The van der Waals surface area contributed by atoms with Gasteiger partial charge in [-0.2, -0.15) is 0 Å². The smallest absolute Gasteiger partial charge is 0.322 e. The molecule has 0 unspecified atom stereocenters. The number of carbonyl (C=O) groups is 1. The number of halogens is 2. The van der Waals surface area contributed by atoms with Crippen LogP contribution in [-0.2, 0) is 13.0 Å². The maximum atomic E-state index is 13.8. The first-order valence-corrected chi connectivity index (χ1v) is 9.13. The molecule has 4 rings (SSSR count). The Hall–Kier alpha value is -2.77. The van der Waals surface area contributed by atoms with E-state index in [2.05, 4.69) is 20.2 Å². The highest BCUT2D eigenvalue weighted by Gasteiger charge is 2.28. The van der Waals surface area contributed by atoms with E-state index in [0.717, 1.165) is 61.0 Å². The Labute approximate surface area is 156 Å². The standard InChI is InChI=1S/C19H21F2N5O/c1-12-22-16-6-9-26(11-14(16)18(23-12)25-7-2-3-8-25)19(27)24-17-5-4-13(20)10-15(17)21/h4-5,10H,2-3,6-9,11H2,1H3,(H,24,27). The van der Waals surface area contributed by atoms with Crippen molar-refractivity contribution in [1.82, 2.24) is 14.9 Å². The van der Waals surface area contributed by atoms with Gasteiger partial charge in [-0.15, -0.1) is 0 Å². The Morgan fingerprint density at radius 2 is 1.93 bits per heavy atom. The van der Waals surface area contributed by atoms with E-state index in [-0.39, 0.29) is 5.69 Å². The zero-order chi connectivity index (χ0) is 19.0. The number of nitrogens with one attached hydrogen (secondary N) is 1. The minimum absolute atomic E-state index is 0.0351. The number of hydrogen-bond acceptors (Lipinski definition) is 4. The first-order chi connectivity index (χ1) is 13.0. The average Bonchev–Trinajstić information content (AvgIpc) is 3.17. The number of aromatic nitrogens is 2. The molecule has 2 aliphatic heterocycles. The van der Waals surface area contributed by atoms with E-state index in [0.29, 0.717) is 19.5 Å². The predicted molar refractivity (Wildman–Crippen MR) is 97.7 cm³/mol. The summed E-state index contributed by atoms with van der Waals surface area (Å²) in [7, 11) is 0. The van der Waals surface area contributed by atoms with Crippen LogP contribution in [0.25, 0.3) is 0 Å². The number of fused-ring (bicyclic) bond motifs is 1. The zero-order valence-electron chi connectivity index (χ0n) is 15.1. The van der Waals surface area contributed by atoms with Crippen molar-refractivity contribution in [2.45, 2.75) is 32.7 Å². The monoisotopic (exact) mass is 373 g/mol. The van der Waals surface area contributed by atoms with Crippen molar-refractivity contribution in [2.75, 3.05) is 29.9 Å². The second-order valence-electron chi connectivity index (χ2n) is 6.94. The van der Waals surface area contributed by atoms with E-state index >= 15 is 0 Å². The summed E-state index contributed by atoms with van der Waals surface area (Å²) in [4.78, 5) is 25.6. The van der Waals surface area contributed by atoms with Gasteiger partial charge in [0, 0.05) is 37.7 Å². The van der Waals surface area contributed by atoms with Crippen LogP contribution in [0, 0.1) is 18.6 Å². The first-order valence-electron chi connectivity index (χ1n) is 9.13. The van der Waals surface area contributed by atoms with Crippen molar-refractivity contribution in [1.29, 1.82) is 0 Å². The van der Waals surface area contributed by atoms with E-state index in [4.69, 9.17) is 0 Å². The average molecular weight is 373 g/mol. The molecule has 6 nitrogen and oxygen atoms in total. The predicted octanol–water partition coefficient (Wildman–Crippen LogP) is 3.25. The Bertz CT molecular complexity index is 883. The Morgan fingerprint density at radius 1 is 1.15 bits per heavy atom. The molecule has 0 radical (unpaired) electrons. The number of urea groups is 1. The maximum Gasteiger partial charge on any atom is 0.322 e. The van der Waals surface area contributed by atoms with E-state index in [1.165, 1.54) is 6.07 Å². The molecule has 0 aliphatic carbocycles. The summed E-state index contributed by atoms with van der Waals surface area (Å²) in [5.74, 6) is 0.167. The molecule has 0 spiro atoms. The third kappa shape index (κ3) is 3.56. The Morgan fingerprint density at radius 3 is 2.67 bits per heavy atom. The molecule has 142 valence electrons. The summed E-state index contributed by atoms with van der Waals surface area (Å²) in [6.45, 7) is 4.65. The third-order valence-corrected chi connectivity index (χ3v) is 5.02. The summed E-state index contributed by atoms with van der Waals surface area (Å²) in [5.41, 5.74) is 1.90. The first kappa shape index (κ1) is 17.6. The van der Waals surface area contributed by atoms with Crippen LogP contribution in [0.1, 0.15) is 29.9 Å². The largest absolute Gasteiger partial charge is 0.356 e. The van der Waals surface area contributed by atoms with E-state index < -0.39 is 17.7 Å². The minimum Gasteiger partial charge on any atom is -0.356 e. The molecule has 2 amide bonds. The number of rotatable bonds is 2. The molecule has 1 aromatic carbocycles. The summed E-state index contributed by atoms with van der Waals surface area (Å²) < 4.78 is 26.9. The molecule has 2 aromatic rings. The molecular formula is C19H21F2N5O. The molecular weight excluding hydrogens is 352 g/mol. The van der Waals surface area contributed by atoms with E-state index in [1.54, 1.807) is 4.90 Å². The normalized spacial score (nSPS) is 16.4. The van der Waals surface area contributed by atoms with Gasteiger partial charge in [0.1, 0.15) is 23.3 Å². The van der Waals surface area contributed by atoms with Crippen LogP contribution < -0.4 is 10.2 Å². The number of amides is 2. The molecule has 0 saturated carbocycles. The van der Waals surface area contributed by atoms with Crippen molar-refractivity contribution in [3.8, 4) is 0 Å². The van der Waals surface area contributed by atoms with Gasteiger partial charge < -0.3 is 15.1 Å². The summed E-state index contributed by atoms with van der Waals surface area (Å²) >= 11 is 0. The minimum atomic E-state index is -0.794. The van der Waals surface area contributed by atoms with Gasteiger partial charge in [0.05, 0.1) is 17.9 Å². The van der Waals surface area contributed by atoms with Crippen molar-refractivity contribution in [3.63, 3.8) is 0 Å². The lowest BCUT2D eigenvalue weighted by Gasteiger charge is -2.31. The van der Waals surface area contributed by atoms with E-state index in [9.17, 15) is 13.6 Å². The van der Waals surface area contributed by atoms with Gasteiger partial charge in [0.25, 0.3) is 0 Å². The van der Waals surface area contributed by atoms with Crippen molar-refractivity contribution >= 4 is 17.5 Å². The van der Waals surface area contributed by atoms with Gasteiger partial charge >= 0.3 is 6.03 Å². The highest BCUT2D eigenvalue weighted by atomic mass is 19.1. The molecule has 2 aliphatic rings. The second-order valence-corrected chi connectivity index (χ2v) is 6.94. The number of aryl methyl sites for hydroxylation is 1. The highest BCUT2D eigenvalue weighted by Crippen LogP contribution is 2.29. The quantitative estimate of drug-likeness (QED) is 0.878. The molecule has 27 heavy (non-hydrogen) atoms. The third-order valence-electron chi connectivity index (χ3n) is 5.02. The van der Waals surface area contributed by atoms with Crippen LogP contribution in [0.3, 0.4) is 0 Å². The van der Waals surface area contributed by atoms with Gasteiger partial charge in [-0.25, -0.2) is 23.5 Å². The van der Waals surface area contributed by atoms with Crippen molar-refractivity contribution in [2.24, 2.45) is 0 Å². The van der Waals surface area contributed by atoms with Gasteiger partial charge in [0.15, 0.2) is 0 Å². The number of nitrogens with zero attached hydrogens (tertiary/aromatic N) is 4. The SMILES string of the molecule is Cc1nc2c(c(N3CCCC3)n1)CN(C(=O)Nc1ccc(F)cc1F)CC2. The van der Waals surface area contributed by atoms with Crippen LogP contribution in [-0.4, -0.2) is 40.5 Å². The highest BCUT2D eigenvalue weighted by molar-refractivity contribution is 5.89. The lowest BCUT2D eigenvalue weighted by Crippen LogP contribution is -2.40. The molecule has 1 aromatic heterocycles. The van der Waals surface area contributed by atoms with Gasteiger partial charge in [0.2, 0.25) is 0 Å². The lowest BCUT2D eigenvalue weighted by atomic mass is 10.1. The fourth-order valence-corrected chi connectivity index (χ4v) is 3.67. The number of carbonyl (C=O) groups excluding carboxylic acids is 1. The molecule has 8 heteroatoms. The number of anilines is 2. The summed E-state index contributed by atoms with van der Waals surface area (Å²) in [5, 5.41) is 2.53. The molecule has 1 fully saturated rings. The summed E-state index contributed by atoms with van der Waals surface area (Å²) in [6, 6.07) is 2.68. The van der Waals surface area contributed by atoms with Crippen LogP contribution in [0.15, 0.2) is 18.2 Å². The molecule has 0 atom stereocenters. The van der Waals surface area contributed by atoms with Gasteiger partial charge in [-0.1, -0.05) is 0 Å². The maximum absolute atomic E-state index is 13.8. The fourth-order valence-electron chi connectivity index (χ4n) is 3.67. The number of hydrogen-bond donors (Lipinski definition) is 1. The molecule has 3 heterocycles.